The van der Waals surface area contributed by atoms with E-state index in [2.05, 4.69) is 18.8 Å². The molecule has 4 nitrogen and oxygen atoms in total. The second-order valence-corrected chi connectivity index (χ2v) is 6.63. The molecule has 0 saturated heterocycles. The van der Waals surface area contributed by atoms with Gasteiger partial charge >= 0.3 is 0 Å². The highest BCUT2D eigenvalue weighted by molar-refractivity contribution is 6.11. The van der Waals surface area contributed by atoms with Gasteiger partial charge in [0, 0.05) is 22.5 Å². The van der Waals surface area contributed by atoms with Crippen LogP contribution in [0.2, 0.25) is 0 Å². The summed E-state index contributed by atoms with van der Waals surface area (Å²) in [6.45, 7) is 7.89. The van der Waals surface area contributed by atoms with E-state index in [0.29, 0.717) is 11.3 Å². The first kappa shape index (κ1) is 17.9. The molecule has 1 unspecified atom stereocenters. The van der Waals surface area contributed by atoms with Gasteiger partial charge in [-0.05, 0) is 43.5 Å². The molecule has 0 aliphatic carbocycles. The summed E-state index contributed by atoms with van der Waals surface area (Å²) in [5, 5.41) is 2.90. The maximum absolute atomic E-state index is 12.7. The van der Waals surface area contributed by atoms with Crippen LogP contribution in [0, 0.1) is 0 Å². The molecular formula is C22H24N2O2. The average Bonchev–Trinajstić information content (AvgIpc) is 2.91. The van der Waals surface area contributed by atoms with Crippen LogP contribution >= 0.6 is 0 Å². The van der Waals surface area contributed by atoms with Crippen molar-refractivity contribution in [2.24, 2.45) is 0 Å². The van der Waals surface area contributed by atoms with Gasteiger partial charge in [-0.25, -0.2) is 0 Å². The molecule has 1 N–H and O–H groups in total. The zero-order valence-electron chi connectivity index (χ0n) is 15.3. The molecule has 1 heterocycles. The van der Waals surface area contributed by atoms with Gasteiger partial charge in [0.15, 0.2) is 0 Å². The van der Waals surface area contributed by atoms with Crippen molar-refractivity contribution in [1.82, 2.24) is 4.90 Å². The number of unbranched alkanes of at least 4 members (excludes halogenated alkanes) is 1. The van der Waals surface area contributed by atoms with Crippen molar-refractivity contribution in [2.45, 2.75) is 39.2 Å². The van der Waals surface area contributed by atoms with Crippen LogP contribution < -0.4 is 5.32 Å². The first-order valence-electron chi connectivity index (χ1n) is 9.04. The molecule has 0 fully saturated rings. The minimum Gasteiger partial charge on any atom is -0.324 e. The zero-order valence-corrected chi connectivity index (χ0v) is 15.3. The third-order valence-electron chi connectivity index (χ3n) is 4.79. The quantitative estimate of drug-likeness (QED) is 0.836. The maximum atomic E-state index is 12.7. The van der Waals surface area contributed by atoms with Crippen molar-refractivity contribution in [3.63, 3.8) is 0 Å². The van der Waals surface area contributed by atoms with Crippen LogP contribution in [-0.4, -0.2) is 22.8 Å². The Labute approximate surface area is 154 Å². The first-order valence-corrected chi connectivity index (χ1v) is 9.04. The number of aryl methyl sites for hydroxylation is 1. The van der Waals surface area contributed by atoms with E-state index in [1.807, 2.05) is 42.5 Å². The predicted octanol–water partition coefficient (Wildman–Crippen LogP) is 4.48. The summed E-state index contributed by atoms with van der Waals surface area (Å²) in [5.74, 6) is -0.406. The van der Waals surface area contributed by atoms with E-state index in [4.69, 9.17) is 0 Å². The number of hydrogen-bond donors (Lipinski definition) is 1. The molecule has 1 aliphatic rings. The van der Waals surface area contributed by atoms with Crippen molar-refractivity contribution in [3.05, 3.63) is 71.8 Å². The van der Waals surface area contributed by atoms with Gasteiger partial charge in [0.1, 0.15) is 6.04 Å². The lowest BCUT2D eigenvalue weighted by molar-refractivity contribution is -0.119. The molecule has 26 heavy (non-hydrogen) atoms. The number of carbonyl (C=O) groups is 2. The van der Waals surface area contributed by atoms with Crippen LogP contribution in [0.15, 0.2) is 55.1 Å². The summed E-state index contributed by atoms with van der Waals surface area (Å²) in [6.07, 6.45) is 3.36. The van der Waals surface area contributed by atoms with Gasteiger partial charge in [0.2, 0.25) is 5.91 Å². The maximum Gasteiger partial charge on any atom is 0.259 e. The molecule has 2 aromatic rings. The minimum atomic E-state index is -0.637. The Morgan fingerprint density at radius 2 is 1.77 bits per heavy atom. The molecule has 0 spiro atoms. The summed E-state index contributed by atoms with van der Waals surface area (Å²) in [4.78, 5) is 26.8. The topological polar surface area (TPSA) is 49.4 Å². The largest absolute Gasteiger partial charge is 0.324 e. The van der Waals surface area contributed by atoms with Crippen LogP contribution in [0.25, 0.3) is 5.70 Å². The number of nitrogens with one attached hydrogen (secondary N) is 1. The van der Waals surface area contributed by atoms with Gasteiger partial charge in [-0.1, -0.05) is 50.3 Å². The lowest BCUT2D eigenvalue weighted by Crippen LogP contribution is -2.41. The number of nitrogens with zero attached hydrogens (tertiary/aromatic N) is 1. The highest BCUT2D eigenvalue weighted by Gasteiger charge is 2.36. The van der Waals surface area contributed by atoms with Crippen molar-refractivity contribution in [2.75, 3.05) is 5.32 Å². The molecule has 4 heteroatoms. The lowest BCUT2D eigenvalue weighted by Gasteiger charge is -2.24. The molecule has 0 bridgehead atoms. The summed E-state index contributed by atoms with van der Waals surface area (Å²) < 4.78 is 0. The van der Waals surface area contributed by atoms with E-state index in [1.54, 1.807) is 13.0 Å². The third-order valence-corrected chi connectivity index (χ3v) is 4.79. The second-order valence-electron chi connectivity index (χ2n) is 6.63. The molecule has 3 rings (SSSR count). The fourth-order valence-corrected chi connectivity index (χ4v) is 3.21. The molecule has 1 aliphatic heterocycles. The van der Waals surface area contributed by atoms with Crippen molar-refractivity contribution in [3.8, 4) is 0 Å². The fourth-order valence-electron chi connectivity index (χ4n) is 3.21. The smallest absolute Gasteiger partial charge is 0.259 e. The van der Waals surface area contributed by atoms with Crippen LogP contribution in [0.4, 0.5) is 5.69 Å². The van der Waals surface area contributed by atoms with E-state index in [-0.39, 0.29) is 11.8 Å². The number of fused-ring (bicyclic) bond motifs is 1. The zero-order chi connectivity index (χ0) is 18.7. The van der Waals surface area contributed by atoms with Gasteiger partial charge < -0.3 is 5.32 Å². The molecule has 0 aromatic heterocycles. The number of anilines is 1. The molecule has 1 atom stereocenters. The van der Waals surface area contributed by atoms with Crippen LogP contribution in [0.3, 0.4) is 0 Å². The van der Waals surface area contributed by atoms with Gasteiger partial charge in [0.05, 0.1) is 0 Å². The highest BCUT2D eigenvalue weighted by Crippen LogP contribution is 2.33. The molecular weight excluding hydrogens is 324 g/mol. The molecule has 0 saturated carbocycles. The Balaban J connectivity index is 1.69. The molecule has 134 valence electrons. The van der Waals surface area contributed by atoms with Crippen molar-refractivity contribution in [1.29, 1.82) is 0 Å². The number of carbonyl (C=O) groups excluding carboxylic acids is 2. The fraction of sp³-hybridized carbons (Fsp3) is 0.273. The predicted molar refractivity (Wildman–Crippen MR) is 105 cm³/mol. The van der Waals surface area contributed by atoms with Gasteiger partial charge in [-0.2, -0.15) is 0 Å². The Morgan fingerprint density at radius 1 is 1.12 bits per heavy atom. The summed E-state index contributed by atoms with van der Waals surface area (Å²) in [6, 6.07) is 14.6. The van der Waals surface area contributed by atoms with Gasteiger partial charge in [-0.3, -0.25) is 14.5 Å². The number of amides is 2. The monoisotopic (exact) mass is 348 g/mol. The Morgan fingerprint density at radius 3 is 2.38 bits per heavy atom. The van der Waals surface area contributed by atoms with Crippen molar-refractivity contribution >= 4 is 23.2 Å². The van der Waals surface area contributed by atoms with E-state index < -0.39 is 6.04 Å². The lowest BCUT2D eigenvalue weighted by atomic mass is 10.1. The SMILES string of the molecule is C=C1c2ccccc2C(=O)N1C(C)C(=O)Nc1ccc(CCCC)cc1. The standard InChI is InChI=1S/C22H24N2O2/c1-4-5-8-17-11-13-18(14-12-17)23-21(25)16(3)24-15(2)19-9-6-7-10-20(19)22(24)26/h6-7,9-14,16H,2,4-5,8H2,1,3H3,(H,23,25). The van der Waals surface area contributed by atoms with Crippen LogP contribution in [0.1, 0.15) is 48.2 Å². The van der Waals surface area contributed by atoms with Crippen molar-refractivity contribution < 1.29 is 9.59 Å². The first-order chi connectivity index (χ1) is 12.5. The Bertz CT molecular complexity index is 804. The van der Waals surface area contributed by atoms with E-state index in [0.717, 1.165) is 30.5 Å². The van der Waals surface area contributed by atoms with Crippen LogP contribution in [-0.2, 0) is 11.2 Å². The van der Waals surface area contributed by atoms with E-state index in [1.165, 1.54) is 10.5 Å². The Hall–Kier alpha value is -2.88. The second kappa shape index (κ2) is 7.56. The number of hydrogen-bond acceptors (Lipinski definition) is 2. The normalized spacial score (nSPS) is 14.3. The Kier molecular flexibility index (Phi) is 5.21. The van der Waals surface area contributed by atoms with Gasteiger partial charge in [0.25, 0.3) is 5.91 Å². The van der Waals surface area contributed by atoms with Crippen LogP contribution in [0.5, 0.6) is 0 Å². The summed E-state index contributed by atoms with van der Waals surface area (Å²) in [5.41, 5.74) is 3.95. The number of benzene rings is 2. The minimum absolute atomic E-state index is 0.178. The molecule has 0 radical (unpaired) electrons. The van der Waals surface area contributed by atoms with E-state index >= 15 is 0 Å². The average molecular weight is 348 g/mol. The molecule has 2 amide bonds. The summed E-state index contributed by atoms with van der Waals surface area (Å²) >= 11 is 0. The van der Waals surface area contributed by atoms with Gasteiger partial charge in [-0.15, -0.1) is 0 Å². The van der Waals surface area contributed by atoms with E-state index in [9.17, 15) is 9.59 Å². The summed E-state index contributed by atoms with van der Waals surface area (Å²) in [7, 11) is 0. The number of rotatable bonds is 6. The molecule has 2 aromatic carbocycles. The third kappa shape index (κ3) is 3.40. The highest BCUT2D eigenvalue weighted by atomic mass is 16.2.